The van der Waals surface area contributed by atoms with Crippen LogP contribution >= 0.6 is 0 Å². The number of hydrogen-bond acceptors (Lipinski definition) is 0. The number of rotatable bonds is 1. The van der Waals surface area contributed by atoms with E-state index in [1.54, 1.807) is 0 Å². The molecule has 0 radical (unpaired) electrons. The van der Waals surface area contributed by atoms with Crippen LogP contribution in [0.4, 0.5) is 0 Å². The van der Waals surface area contributed by atoms with Crippen molar-refractivity contribution in [2.45, 2.75) is 38.5 Å². The van der Waals surface area contributed by atoms with E-state index >= 15 is 0 Å². The van der Waals surface area contributed by atoms with Crippen molar-refractivity contribution in [2.24, 2.45) is 0 Å². The third kappa shape index (κ3) is 2.62. The Kier molecular flexibility index (Phi) is 4.03. The Bertz CT molecular complexity index is 2190. The molecule has 0 amide bonds. The SMILES string of the molecule is CC1(C)c2ccccc2-c2cc3c(cc21)C(C)(C)c1cc(-c2ccc4ccc5cccc6ccc2c4c56)ccc1-3. The quantitative estimate of drug-likeness (QED) is 0.193. The van der Waals surface area contributed by atoms with Crippen molar-refractivity contribution < 1.29 is 0 Å². The molecule has 0 bridgehead atoms. The Balaban J connectivity index is 1.26. The molecule has 0 atom stereocenters. The van der Waals surface area contributed by atoms with E-state index in [9.17, 15) is 0 Å². The van der Waals surface area contributed by atoms with Crippen molar-refractivity contribution in [2.75, 3.05) is 0 Å². The van der Waals surface area contributed by atoms with Gasteiger partial charge in [-0.3, -0.25) is 0 Å². The fourth-order valence-corrected chi connectivity index (χ4v) is 8.08. The maximum atomic E-state index is 2.53. The van der Waals surface area contributed by atoms with Gasteiger partial charge in [-0.25, -0.2) is 0 Å². The Labute approximate surface area is 235 Å². The topological polar surface area (TPSA) is 0 Å². The number of hydrogen-bond donors (Lipinski definition) is 0. The first-order valence-electron chi connectivity index (χ1n) is 14.4. The van der Waals surface area contributed by atoms with Gasteiger partial charge in [-0.05, 0) is 100 Å². The first kappa shape index (κ1) is 22.4. The van der Waals surface area contributed by atoms with E-state index in [1.807, 2.05) is 0 Å². The summed E-state index contributed by atoms with van der Waals surface area (Å²) < 4.78 is 0. The molecule has 7 aromatic rings. The van der Waals surface area contributed by atoms with E-state index < -0.39 is 0 Å². The standard InChI is InChI=1S/C40H30/c1-39(2)33-11-6-5-10-28(33)31-21-32-29-18-16-26(20-34(29)40(3,4)36(32)22-35(31)39)27-17-14-25-13-12-23-8-7-9-24-15-19-30(27)38(25)37(23)24/h5-22H,1-4H3. The lowest BCUT2D eigenvalue weighted by molar-refractivity contribution is 0.639. The number of fused-ring (bicyclic) bond motifs is 6. The third-order valence-corrected chi connectivity index (χ3v) is 10.2. The van der Waals surface area contributed by atoms with Gasteiger partial charge in [0.25, 0.3) is 0 Å². The Morgan fingerprint density at radius 1 is 0.375 bits per heavy atom. The van der Waals surface area contributed by atoms with Crippen molar-refractivity contribution in [1.29, 1.82) is 0 Å². The lowest BCUT2D eigenvalue weighted by Crippen LogP contribution is -2.18. The second-order valence-electron chi connectivity index (χ2n) is 13.0. The minimum atomic E-state index is -0.0651. The van der Waals surface area contributed by atoms with Crippen LogP contribution in [0.2, 0.25) is 0 Å². The monoisotopic (exact) mass is 510 g/mol. The minimum Gasteiger partial charge on any atom is -0.0619 e. The highest BCUT2D eigenvalue weighted by molar-refractivity contribution is 6.25. The highest BCUT2D eigenvalue weighted by Crippen LogP contribution is 2.56. The van der Waals surface area contributed by atoms with Crippen molar-refractivity contribution in [3.05, 3.63) is 131 Å². The van der Waals surface area contributed by atoms with Crippen LogP contribution in [0.3, 0.4) is 0 Å². The summed E-state index contributed by atoms with van der Waals surface area (Å²) in [6.45, 7) is 9.58. The lowest BCUT2D eigenvalue weighted by atomic mass is 9.77. The summed E-state index contributed by atoms with van der Waals surface area (Å²) in [6.07, 6.45) is 0. The van der Waals surface area contributed by atoms with Crippen LogP contribution in [0.15, 0.2) is 109 Å². The van der Waals surface area contributed by atoms with Crippen molar-refractivity contribution in [3.8, 4) is 33.4 Å². The molecule has 0 saturated carbocycles. The summed E-state index contributed by atoms with van der Waals surface area (Å²) in [5, 5.41) is 8.05. The molecular formula is C40H30. The van der Waals surface area contributed by atoms with Gasteiger partial charge < -0.3 is 0 Å². The summed E-state index contributed by atoms with van der Waals surface area (Å²) in [7, 11) is 0. The van der Waals surface area contributed by atoms with Gasteiger partial charge in [-0.2, -0.15) is 0 Å². The zero-order chi connectivity index (χ0) is 27.0. The second-order valence-corrected chi connectivity index (χ2v) is 13.0. The minimum absolute atomic E-state index is 0.0126. The van der Waals surface area contributed by atoms with E-state index in [0.29, 0.717) is 0 Å². The summed E-state index contributed by atoms with van der Waals surface area (Å²) >= 11 is 0. The van der Waals surface area contributed by atoms with Crippen LogP contribution in [0.5, 0.6) is 0 Å². The molecule has 0 heteroatoms. The Morgan fingerprint density at radius 3 is 1.73 bits per heavy atom. The molecule has 0 nitrogen and oxygen atoms in total. The summed E-state index contributed by atoms with van der Waals surface area (Å²) in [5.74, 6) is 0. The maximum Gasteiger partial charge on any atom is 0.0159 e. The van der Waals surface area contributed by atoms with Crippen LogP contribution < -0.4 is 0 Å². The summed E-state index contributed by atoms with van der Waals surface area (Å²) in [5.41, 5.74) is 13.9. The molecule has 0 heterocycles. The fourth-order valence-electron chi connectivity index (χ4n) is 8.08. The molecule has 9 rings (SSSR count). The molecule has 0 aromatic heterocycles. The largest absolute Gasteiger partial charge is 0.0619 e. The van der Waals surface area contributed by atoms with Gasteiger partial charge in [0.15, 0.2) is 0 Å². The third-order valence-electron chi connectivity index (χ3n) is 10.2. The van der Waals surface area contributed by atoms with E-state index in [-0.39, 0.29) is 10.8 Å². The maximum absolute atomic E-state index is 2.53. The molecule has 40 heavy (non-hydrogen) atoms. The molecule has 2 aliphatic carbocycles. The van der Waals surface area contributed by atoms with Crippen LogP contribution in [-0.2, 0) is 10.8 Å². The fraction of sp³-hybridized carbons (Fsp3) is 0.150. The molecule has 0 unspecified atom stereocenters. The molecule has 0 spiro atoms. The van der Waals surface area contributed by atoms with Gasteiger partial charge in [0.2, 0.25) is 0 Å². The average Bonchev–Trinajstić information content (AvgIpc) is 3.34. The molecule has 2 aliphatic rings. The number of benzene rings is 7. The second kappa shape index (κ2) is 7.20. The predicted molar refractivity (Wildman–Crippen MR) is 171 cm³/mol. The Morgan fingerprint density at radius 2 is 0.950 bits per heavy atom. The van der Waals surface area contributed by atoms with Gasteiger partial charge in [-0.1, -0.05) is 125 Å². The van der Waals surface area contributed by atoms with Crippen LogP contribution in [0.25, 0.3) is 65.7 Å². The zero-order valence-electron chi connectivity index (χ0n) is 23.4. The first-order valence-corrected chi connectivity index (χ1v) is 14.4. The lowest BCUT2D eigenvalue weighted by Gasteiger charge is -2.26. The van der Waals surface area contributed by atoms with E-state index in [0.717, 1.165) is 0 Å². The van der Waals surface area contributed by atoms with E-state index in [2.05, 4.69) is 137 Å². The normalized spacial score (nSPS) is 15.9. The van der Waals surface area contributed by atoms with Crippen LogP contribution in [0, 0.1) is 0 Å². The average molecular weight is 511 g/mol. The van der Waals surface area contributed by atoms with Gasteiger partial charge >= 0.3 is 0 Å². The zero-order valence-corrected chi connectivity index (χ0v) is 23.4. The molecule has 0 fully saturated rings. The molecule has 7 aromatic carbocycles. The van der Waals surface area contributed by atoms with Crippen molar-refractivity contribution in [1.82, 2.24) is 0 Å². The van der Waals surface area contributed by atoms with Gasteiger partial charge in [0, 0.05) is 10.8 Å². The molecule has 0 saturated heterocycles. The van der Waals surface area contributed by atoms with Gasteiger partial charge in [0.1, 0.15) is 0 Å². The van der Waals surface area contributed by atoms with Gasteiger partial charge in [-0.15, -0.1) is 0 Å². The highest BCUT2D eigenvalue weighted by atomic mass is 14.4. The molecule has 0 aliphatic heterocycles. The predicted octanol–water partition coefficient (Wildman–Crippen LogP) is 10.9. The van der Waals surface area contributed by atoms with Crippen LogP contribution in [-0.4, -0.2) is 0 Å². The summed E-state index contributed by atoms with van der Waals surface area (Å²) in [4.78, 5) is 0. The summed E-state index contributed by atoms with van der Waals surface area (Å²) in [6, 6.07) is 41.6. The molecular weight excluding hydrogens is 480 g/mol. The van der Waals surface area contributed by atoms with Crippen molar-refractivity contribution >= 4 is 32.3 Å². The molecule has 190 valence electrons. The highest BCUT2D eigenvalue weighted by Gasteiger charge is 2.41. The van der Waals surface area contributed by atoms with E-state index in [1.165, 1.54) is 88.0 Å². The van der Waals surface area contributed by atoms with E-state index in [4.69, 9.17) is 0 Å². The van der Waals surface area contributed by atoms with Crippen molar-refractivity contribution in [3.63, 3.8) is 0 Å². The van der Waals surface area contributed by atoms with Gasteiger partial charge in [0.05, 0.1) is 0 Å². The first-order chi connectivity index (χ1) is 19.3. The smallest absolute Gasteiger partial charge is 0.0159 e. The van der Waals surface area contributed by atoms with Crippen LogP contribution in [0.1, 0.15) is 49.9 Å². The Hall–Kier alpha value is -4.42. The molecule has 0 N–H and O–H groups in total.